The van der Waals surface area contributed by atoms with Crippen LogP contribution in [0.4, 0.5) is 0 Å². The minimum Gasteiger partial charge on any atom is -0.184 e. The number of aryl methyl sites for hydroxylation is 1. The summed E-state index contributed by atoms with van der Waals surface area (Å²) in [5, 5.41) is 2.59. The fourth-order valence-electron chi connectivity index (χ4n) is 4.26. The van der Waals surface area contributed by atoms with Gasteiger partial charge < -0.3 is 0 Å². The minimum absolute atomic E-state index is 0. The molecule has 0 unspecified atom stereocenters. The van der Waals surface area contributed by atoms with Gasteiger partial charge in [-0.05, 0) is 62.7 Å². The third-order valence-electron chi connectivity index (χ3n) is 5.94. The molecule has 0 saturated heterocycles. The van der Waals surface area contributed by atoms with Crippen molar-refractivity contribution in [1.29, 1.82) is 0 Å². The molecule has 0 saturated carbocycles. The summed E-state index contributed by atoms with van der Waals surface area (Å²) in [5.41, 5.74) is 8.80. The van der Waals surface area contributed by atoms with Gasteiger partial charge in [0.05, 0.1) is 0 Å². The molecule has 0 atom stereocenters. The van der Waals surface area contributed by atoms with E-state index in [1.54, 1.807) is 0 Å². The molecule has 0 fully saturated rings. The fraction of sp³-hybridized carbons (Fsp3) is 0.0625. The zero-order chi connectivity index (χ0) is 21.8. The number of benzene rings is 5. The molecule has 0 aliphatic heterocycles. The van der Waals surface area contributed by atoms with Crippen LogP contribution in [0.25, 0.3) is 45.2 Å². The van der Waals surface area contributed by atoms with E-state index in [-0.39, 0.29) is 31.1 Å². The summed E-state index contributed by atoms with van der Waals surface area (Å²) >= 11 is 0. The number of rotatable bonds is 5. The second-order valence-corrected chi connectivity index (χ2v) is 8.06. The molecule has 158 valence electrons. The van der Waals surface area contributed by atoms with E-state index in [1.165, 1.54) is 49.7 Å². The summed E-state index contributed by atoms with van der Waals surface area (Å²) in [5.74, 6) is 0. The maximum atomic E-state index is 3.09. The van der Waals surface area contributed by atoms with Gasteiger partial charge in [0, 0.05) is 31.1 Å². The molecule has 5 aromatic rings. The predicted molar refractivity (Wildman–Crippen MR) is 138 cm³/mol. The Labute approximate surface area is 220 Å². The van der Waals surface area contributed by atoms with Crippen molar-refractivity contribution in [2.45, 2.75) is 13.3 Å². The van der Waals surface area contributed by atoms with Crippen LogP contribution >= 0.6 is 0 Å². The van der Waals surface area contributed by atoms with E-state index in [1.807, 2.05) is 12.1 Å². The molecule has 0 heterocycles. The topological polar surface area (TPSA) is 0 Å². The Morgan fingerprint density at radius 2 is 1.15 bits per heavy atom. The first-order chi connectivity index (χ1) is 15.8. The Balaban J connectivity index is 0.00000259. The van der Waals surface area contributed by atoms with Crippen LogP contribution in [0.1, 0.15) is 23.6 Å². The molecule has 0 aromatic heterocycles. The molecule has 5 rings (SSSR count). The summed E-state index contributed by atoms with van der Waals surface area (Å²) in [6.07, 6.45) is 5.40. The maximum absolute atomic E-state index is 3.09. The standard InChI is InChI=1S/C32H25.U/c1-2-24-20-29(27-14-8-4-9-15-27)32-23-26(19-18-25-12-6-3-7-13-25)22-30(31(32)21-24)28-16-10-5-11-17-28;/h4-23H,2H2,1H3;/q-1;/b19-18+;. The number of hydrogen-bond acceptors (Lipinski definition) is 0. The van der Waals surface area contributed by atoms with Gasteiger partial charge >= 0.3 is 0 Å². The number of fused-ring (bicyclic) bond motifs is 1. The van der Waals surface area contributed by atoms with E-state index in [0.717, 1.165) is 6.42 Å². The Morgan fingerprint density at radius 1 is 0.606 bits per heavy atom. The van der Waals surface area contributed by atoms with Crippen LogP contribution in [0.3, 0.4) is 0 Å². The van der Waals surface area contributed by atoms with Crippen LogP contribution in [-0.4, -0.2) is 0 Å². The van der Waals surface area contributed by atoms with Crippen LogP contribution in [0, 0.1) is 37.2 Å². The van der Waals surface area contributed by atoms with Crippen LogP contribution in [0.15, 0.2) is 109 Å². The van der Waals surface area contributed by atoms with Crippen LogP contribution in [-0.2, 0) is 6.42 Å². The molecule has 5 aromatic carbocycles. The molecule has 0 amide bonds. The molecule has 0 bridgehead atoms. The molecular weight excluding hydrogens is 622 g/mol. The zero-order valence-electron chi connectivity index (χ0n) is 18.8. The Hall–Kier alpha value is -2.85. The first-order valence-corrected chi connectivity index (χ1v) is 11.2. The van der Waals surface area contributed by atoms with Crippen LogP contribution in [0.5, 0.6) is 0 Å². The summed E-state index contributed by atoms with van der Waals surface area (Å²) in [6, 6.07) is 42.0. The van der Waals surface area contributed by atoms with Crippen molar-refractivity contribution < 1.29 is 31.1 Å². The van der Waals surface area contributed by atoms with Crippen molar-refractivity contribution in [3.05, 3.63) is 132 Å². The Bertz CT molecular complexity index is 1370. The monoisotopic (exact) mass is 647 g/mol. The molecule has 0 aliphatic rings. The summed E-state index contributed by atoms with van der Waals surface area (Å²) in [7, 11) is 0. The predicted octanol–water partition coefficient (Wildman–Crippen LogP) is 8.71. The quantitative estimate of drug-likeness (QED) is 0.132. The average molecular weight is 648 g/mol. The number of hydrogen-bond donors (Lipinski definition) is 0. The molecule has 0 radical (unpaired) electrons. The van der Waals surface area contributed by atoms with E-state index < -0.39 is 0 Å². The molecule has 0 nitrogen and oxygen atoms in total. The molecule has 1 heteroatoms. The second kappa shape index (κ2) is 10.8. The van der Waals surface area contributed by atoms with Gasteiger partial charge in [0.15, 0.2) is 0 Å². The Morgan fingerprint density at radius 3 is 1.76 bits per heavy atom. The molecule has 0 spiro atoms. The Kier molecular flexibility index (Phi) is 7.66. The van der Waals surface area contributed by atoms with Crippen LogP contribution in [0.2, 0.25) is 0 Å². The summed E-state index contributed by atoms with van der Waals surface area (Å²) < 4.78 is 0. The third kappa shape index (κ3) is 5.22. The van der Waals surface area contributed by atoms with E-state index in [2.05, 4.69) is 122 Å². The summed E-state index contributed by atoms with van der Waals surface area (Å²) in [6.45, 7) is 2.23. The molecule has 0 N–H and O–H groups in total. The van der Waals surface area contributed by atoms with E-state index in [9.17, 15) is 0 Å². The van der Waals surface area contributed by atoms with Gasteiger partial charge in [-0.3, -0.25) is 0 Å². The van der Waals surface area contributed by atoms with Gasteiger partial charge in [0.2, 0.25) is 0 Å². The van der Waals surface area contributed by atoms with Gasteiger partial charge in [-0.25, -0.2) is 0 Å². The average Bonchev–Trinajstić information content (AvgIpc) is 2.88. The van der Waals surface area contributed by atoms with Gasteiger partial charge in [-0.15, -0.1) is 5.56 Å². The van der Waals surface area contributed by atoms with Crippen molar-refractivity contribution in [3.63, 3.8) is 0 Å². The molecule has 0 aliphatic carbocycles. The normalized spacial score (nSPS) is 10.9. The molecular formula is C32H25U-. The van der Waals surface area contributed by atoms with Crippen molar-refractivity contribution in [2.75, 3.05) is 0 Å². The van der Waals surface area contributed by atoms with Crippen molar-refractivity contribution in [1.82, 2.24) is 0 Å². The SMILES string of the molecule is CCc1cc(-c2ccccc2)c2cc(/C=C/c3cc[c-]cc3)cc(-c3ccccc3)c2c1.[U]. The van der Waals surface area contributed by atoms with Crippen molar-refractivity contribution >= 4 is 22.9 Å². The largest absolute Gasteiger partial charge is 0.184 e. The van der Waals surface area contributed by atoms with Gasteiger partial charge in [-0.2, -0.15) is 30.3 Å². The summed E-state index contributed by atoms with van der Waals surface area (Å²) in [4.78, 5) is 0. The molecule has 33 heavy (non-hydrogen) atoms. The van der Waals surface area contributed by atoms with E-state index in [0.29, 0.717) is 0 Å². The first-order valence-electron chi connectivity index (χ1n) is 11.2. The minimum atomic E-state index is 0. The van der Waals surface area contributed by atoms with Gasteiger partial charge in [0.1, 0.15) is 0 Å². The second-order valence-electron chi connectivity index (χ2n) is 8.06. The third-order valence-corrected chi connectivity index (χ3v) is 5.94. The van der Waals surface area contributed by atoms with Crippen molar-refractivity contribution in [3.8, 4) is 22.3 Å². The smallest absolute Gasteiger partial charge is 0 e. The maximum Gasteiger partial charge on any atom is 0 e. The zero-order valence-corrected chi connectivity index (χ0v) is 22.9. The van der Waals surface area contributed by atoms with Crippen molar-refractivity contribution in [2.24, 2.45) is 0 Å². The van der Waals surface area contributed by atoms with Gasteiger partial charge in [0.25, 0.3) is 0 Å². The van der Waals surface area contributed by atoms with E-state index in [4.69, 9.17) is 0 Å². The van der Waals surface area contributed by atoms with Crippen LogP contribution < -0.4 is 0 Å². The van der Waals surface area contributed by atoms with E-state index >= 15 is 0 Å². The fourth-order valence-corrected chi connectivity index (χ4v) is 4.26. The first kappa shape index (κ1) is 23.3. The van der Waals surface area contributed by atoms with Gasteiger partial charge in [-0.1, -0.05) is 91.9 Å².